The molecule has 1 saturated heterocycles. The molecule has 0 atom stereocenters. The number of rotatable bonds is 4. The Bertz CT molecular complexity index is 1050. The highest BCUT2D eigenvalue weighted by atomic mass is 79.9. The Labute approximate surface area is 189 Å². The van der Waals surface area contributed by atoms with Crippen LogP contribution in [0.4, 0.5) is 10.5 Å². The van der Waals surface area contributed by atoms with Gasteiger partial charge in [-0.1, -0.05) is 17.7 Å². The molecule has 1 heterocycles. The van der Waals surface area contributed by atoms with Crippen LogP contribution in [-0.4, -0.2) is 24.5 Å². The van der Waals surface area contributed by atoms with E-state index in [4.69, 9.17) is 16.3 Å². The molecule has 2 aromatic carbocycles. The van der Waals surface area contributed by atoms with Crippen LogP contribution < -0.4 is 15.0 Å². The number of imide groups is 2. The minimum atomic E-state index is -0.823. The summed E-state index contributed by atoms with van der Waals surface area (Å²) in [4.78, 5) is 38.7. The standard InChI is InChI=1S/C20H15Br2ClN2O4/c1-3-29-17-14(21)7-11(8-15(17)22)6-13-18(26)24-20(28)25(19(13)27)16-9-12(23)5-4-10(16)2/h4-9H,3H2,1-2H3,(H,24,26,28)/b13-6+. The van der Waals surface area contributed by atoms with Crippen molar-refractivity contribution in [2.45, 2.75) is 13.8 Å². The summed E-state index contributed by atoms with van der Waals surface area (Å²) in [6, 6.07) is 7.47. The van der Waals surface area contributed by atoms with Crippen molar-refractivity contribution in [2.75, 3.05) is 11.5 Å². The predicted octanol–water partition coefficient (Wildman–Crippen LogP) is 5.24. The average Bonchev–Trinajstić information content (AvgIpc) is 2.64. The molecule has 1 N–H and O–H groups in total. The van der Waals surface area contributed by atoms with Gasteiger partial charge in [-0.05, 0) is 87.2 Å². The van der Waals surface area contributed by atoms with Gasteiger partial charge in [0.25, 0.3) is 11.8 Å². The van der Waals surface area contributed by atoms with Gasteiger partial charge in [0.05, 0.1) is 21.2 Å². The molecule has 0 spiro atoms. The lowest BCUT2D eigenvalue weighted by molar-refractivity contribution is -0.122. The minimum Gasteiger partial charge on any atom is -0.492 e. The molecule has 1 aliphatic heterocycles. The number of halogens is 3. The van der Waals surface area contributed by atoms with Crippen molar-refractivity contribution in [1.29, 1.82) is 0 Å². The summed E-state index contributed by atoms with van der Waals surface area (Å²) < 4.78 is 6.85. The fourth-order valence-corrected chi connectivity index (χ4v) is 4.43. The Morgan fingerprint density at radius 1 is 1.14 bits per heavy atom. The number of hydrogen-bond acceptors (Lipinski definition) is 4. The number of barbiturate groups is 1. The highest BCUT2D eigenvalue weighted by molar-refractivity contribution is 9.11. The molecular weight excluding hydrogens is 527 g/mol. The second kappa shape index (κ2) is 8.69. The lowest BCUT2D eigenvalue weighted by atomic mass is 10.1. The van der Waals surface area contributed by atoms with E-state index < -0.39 is 17.8 Å². The number of hydrogen-bond donors (Lipinski definition) is 1. The van der Waals surface area contributed by atoms with Gasteiger partial charge in [-0.15, -0.1) is 0 Å². The van der Waals surface area contributed by atoms with Gasteiger partial charge in [-0.25, -0.2) is 9.69 Å². The summed E-state index contributed by atoms with van der Waals surface area (Å²) in [5.74, 6) is -0.886. The first kappa shape index (κ1) is 21.5. The topological polar surface area (TPSA) is 75.7 Å². The van der Waals surface area contributed by atoms with Crippen molar-refractivity contribution >= 4 is 73.1 Å². The van der Waals surface area contributed by atoms with Gasteiger partial charge in [0.15, 0.2) is 0 Å². The van der Waals surface area contributed by atoms with E-state index in [1.165, 1.54) is 12.1 Å². The van der Waals surface area contributed by atoms with Crippen molar-refractivity contribution in [3.63, 3.8) is 0 Å². The van der Waals surface area contributed by atoms with E-state index in [9.17, 15) is 14.4 Å². The van der Waals surface area contributed by atoms with Gasteiger partial charge in [0.2, 0.25) is 0 Å². The summed E-state index contributed by atoms with van der Waals surface area (Å²) in [6.07, 6.45) is 1.42. The van der Waals surface area contributed by atoms with Crippen LogP contribution in [0, 0.1) is 6.92 Å². The molecule has 0 unspecified atom stereocenters. The fraction of sp³-hybridized carbons (Fsp3) is 0.150. The third-order valence-electron chi connectivity index (χ3n) is 4.13. The van der Waals surface area contributed by atoms with Crippen molar-refractivity contribution in [1.82, 2.24) is 5.32 Å². The number of anilines is 1. The molecule has 0 radical (unpaired) electrons. The van der Waals surface area contributed by atoms with Gasteiger partial charge in [-0.2, -0.15) is 0 Å². The molecule has 3 rings (SSSR count). The number of carbonyl (C=O) groups excluding carboxylic acids is 3. The van der Waals surface area contributed by atoms with Crippen LogP contribution in [0.1, 0.15) is 18.1 Å². The predicted molar refractivity (Wildman–Crippen MR) is 118 cm³/mol. The Morgan fingerprint density at radius 2 is 1.79 bits per heavy atom. The van der Waals surface area contributed by atoms with Crippen LogP contribution in [-0.2, 0) is 9.59 Å². The van der Waals surface area contributed by atoms with Crippen LogP contribution in [0.3, 0.4) is 0 Å². The number of urea groups is 1. The smallest absolute Gasteiger partial charge is 0.335 e. The third-order valence-corrected chi connectivity index (χ3v) is 5.55. The monoisotopic (exact) mass is 540 g/mol. The van der Waals surface area contributed by atoms with Gasteiger partial charge in [0, 0.05) is 5.02 Å². The minimum absolute atomic E-state index is 0.174. The van der Waals surface area contributed by atoms with Crippen molar-refractivity contribution in [3.8, 4) is 5.75 Å². The number of benzene rings is 2. The van der Waals surface area contributed by atoms with E-state index in [1.807, 2.05) is 6.92 Å². The Hall–Kier alpha value is -2.16. The molecule has 0 aliphatic carbocycles. The van der Waals surface area contributed by atoms with Crippen LogP contribution >= 0.6 is 43.5 Å². The number of carbonyl (C=O) groups is 3. The first-order valence-electron chi connectivity index (χ1n) is 8.52. The van der Waals surface area contributed by atoms with Crippen LogP contribution in [0.25, 0.3) is 6.08 Å². The maximum Gasteiger partial charge on any atom is 0.335 e. The van der Waals surface area contributed by atoms with Crippen molar-refractivity contribution in [2.24, 2.45) is 0 Å². The summed E-state index contributed by atoms with van der Waals surface area (Å²) >= 11 is 12.9. The molecule has 1 aliphatic rings. The van der Waals surface area contributed by atoms with E-state index in [0.717, 1.165) is 4.90 Å². The van der Waals surface area contributed by atoms with E-state index >= 15 is 0 Å². The summed E-state index contributed by atoms with van der Waals surface area (Å²) in [5, 5.41) is 2.57. The van der Waals surface area contributed by atoms with Crippen LogP contribution in [0.5, 0.6) is 5.75 Å². The van der Waals surface area contributed by atoms with E-state index in [2.05, 4.69) is 37.2 Å². The number of ether oxygens (including phenoxy) is 1. The zero-order chi connectivity index (χ0) is 21.3. The third kappa shape index (κ3) is 4.39. The summed E-state index contributed by atoms with van der Waals surface area (Å²) in [7, 11) is 0. The van der Waals surface area contributed by atoms with E-state index in [-0.39, 0.29) is 5.57 Å². The normalized spacial score (nSPS) is 15.7. The highest BCUT2D eigenvalue weighted by Crippen LogP contribution is 2.36. The molecule has 4 amide bonds. The second-order valence-electron chi connectivity index (χ2n) is 6.14. The Balaban J connectivity index is 2.05. The van der Waals surface area contributed by atoms with Gasteiger partial charge in [-0.3, -0.25) is 14.9 Å². The average molecular weight is 543 g/mol. The molecule has 0 bridgehead atoms. The van der Waals surface area contributed by atoms with Crippen molar-refractivity contribution < 1.29 is 19.1 Å². The molecular formula is C20H15Br2ClN2O4. The Kier molecular flexibility index (Phi) is 6.45. The van der Waals surface area contributed by atoms with Crippen molar-refractivity contribution in [3.05, 3.63) is 61.0 Å². The maximum absolute atomic E-state index is 13.0. The first-order chi connectivity index (χ1) is 13.7. The molecule has 6 nitrogen and oxygen atoms in total. The zero-order valence-corrected chi connectivity index (χ0v) is 19.3. The molecule has 9 heteroatoms. The van der Waals surface area contributed by atoms with E-state index in [0.29, 0.717) is 43.1 Å². The number of nitrogens with zero attached hydrogens (tertiary/aromatic N) is 1. The van der Waals surface area contributed by atoms with Crippen LogP contribution in [0.15, 0.2) is 44.9 Å². The first-order valence-corrected chi connectivity index (χ1v) is 10.5. The summed E-state index contributed by atoms with van der Waals surface area (Å²) in [6.45, 7) is 4.09. The lowest BCUT2D eigenvalue weighted by Crippen LogP contribution is -2.54. The largest absolute Gasteiger partial charge is 0.492 e. The highest BCUT2D eigenvalue weighted by Gasteiger charge is 2.37. The second-order valence-corrected chi connectivity index (χ2v) is 8.28. The number of amides is 4. The zero-order valence-electron chi connectivity index (χ0n) is 15.4. The molecule has 0 aromatic heterocycles. The maximum atomic E-state index is 13.0. The molecule has 0 saturated carbocycles. The molecule has 2 aromatic rings. The van der Waals surface area contributed by atoms with E-state index in [1.54, 1.807) is 31.2 Å². The SMILES string of the molecule is CCOc1c(Br)cc(/C=C2\C(=O)NC(=O)N(c3cc(Cl)ccc3C)C2=O)cc1Br. The fourth-order valence-electron chi connectivity index (χ4n) is 2.81. The molecule has 29 heavy (non-hydrogen) atoms. The number of nitrogens with one attached hydrogen (secondary N) is 1. The number of aryl methyl sites for hydroxylation is 1. The Morgan fingerprint density at radius 3 is 2.41 bits per heavy atom. The summed E-state index contributed by atoms with van der Waals surface area (Å²) in [5.41, 5.74) is 1.38. The van der Waals surface area contributed by atoms with Gasteiger partial charge < -0.3 is 4.74 Å². The van der Waals surface area contributed by atoms with Gasteiger partial charge in [0.1, 0.15) is 11.3 Å². The molecule has 1 fully saturated rings. The molecule has 150 valence electrons. The van der Waals surface area contributed by atoms with Gasteiger partial charge >= 0.3 is 6.03 Å². The lowest BCUT2D eigenvalue weighted by Gasteiger charge is -2.27. The quantitative estimate of drug-likeness (QED) is 0.424. The van der Waals surface area contributed by atoms with Crippen LogP contribution in [0.2, 0.25) is 5.02 Å².